The van der Waals surface area contributed by atoms with E-state index in [1.54, 1.807) is 0 Å². The number of unbranched alkanes of at least 4 members (excludes halogenated alkanes) is 25. The molecule has 2 atom stereocenters. The fourth-order valence-electron chi connectivity index (χ4n) is 7.29. The lowest BCUT2D eigenvalue weighted by atomic mass is 10.0. The summed E-state index contributed by atoms with van der Waals surface area (Å²) in [5.41, 5.74) is 0. The molecule has 0 saturated heterocycles. The highest BCUT2D eigenvalue weighted by Gasteiger charge is 2.26. The van der Waals surface area contributed by atoms with Crippen molar-refractivity contribution in [3.05, 3.63) is 60.8 Å². The second-order valence-electron chi connectivity index (χ2n) is 18.9. The van der Waals surface area contributed by atoms with Crippen molar-refractivity contribution in [2.24, 2.45) is 0 Å². The molecule has 0 aliphatic carbocycles. The van der Waals surface area contributed by atoms with Gasteiger partial charge in [-0.25, -0.2) is 4.57 Å². The number of hydrogen-bond donors (Lipinski definition) is 1. The van der Waals surface area contributed by atoms with E-state index in [0.717, 1.165) is 64.2 Å². The van der Waals surface area contributed by atoms with Crippen molar-refractivity contribution in [1.29, 1.82) is 0 Å². The van der Waals surface area contributed by atoms with Gasteiger partial charge in [-0.3, -0.25) is 13.8 Å². The molecule has 0 radical (unpaired) electrons. The average molecular weight is 921 g/mol. The molecule has 0 spiro atoms. The van der Waals surface area contributed by atoms with Crippen LogP contribution in [0.2, 0.25) is 0 Å². The number of phosphoric acid groups is 1. The van der Waals surface area contributed by atoms with Crippen LogP contribution in [0.4, 0.5) is 0 Å². The summed E-state index contributed by atoms with van der Waals surface area (Å²) in [6.45, 7) is 5.53. The van der Waals surface area contributed by atoms with Gasteiger partial charge in [0.2, 0.25) is 0 Å². The van der Waals surface area contributed by atoms with E-state index in [-0.39, 0.29) is 25.8 Å². The van der Waals surface area contributed by atoms with Crippen molar-refractivity contribution in [3.63, 3.8) is 0 Å². The van der Waals surface area contributed by atoms with E-state index in [4.69, 9.17) is 18.5 Å². The summed E-state index contributed by atoms with van der Waals surface area (Å²) in [5, 5.41) is 0. The number of carbonyl (C=O) groups is 1. The minimum absolute atomic E-state index is 0.0872. The van der Waals surface area contributed by atoms with E-state index in [1.165, 1.54) is 141 Å². The van der Waals surface area contributed by atoms with Crippen molar-refractivity contribution in [2.45, 2.75) is 232 Å². The summed E-state index contributed by atoms with van der Waals surface area (Å²) in [5.74, 6) is -0.313. The van der Waals surface area contributed by atoms with Gasteiger partial charge in [-0.15, -0.1) is 0 Å². The number of nitrogens with zero attached hydrogens (tertiary/aromatic N) is 1. The first kappa shape index (κ1) is 62.2. The number of likely N-dealkylation sites (N-methyl/N-ethyl adjacent to an activating group) is 1. The fourth-order valence-corrected chi connectivity index (χ4v) is 8.03. The van der Waals surface area contributed by atoms with E-state index < -0.39 is 13.9 Å². The molecule has 1 N–H and O–H groups in total. The Hall–Kier alpha value is -1.80. The first-order valence-electron chi connectivity index (χ1n) is 26.5. The summed E-state index contributed by atoms with van der Waals surface area (Å²) >= 11 is 0. The first-order valence-corrected chi connectivity index (χ1v) is 28.0. The molecule has 0 aliphatic heterocycles. The largest absolute Gasteiger partial charge is 0.472 e. The molecule has 0 amide bonds. The smallest absolute Gasteiger partial charge is 0.457 e. The maximum absolute atomic E-state index is 12.8. The van der Waals surface area contributed by atoms with Gasteiger partial charge in [-0.1, -0.05) is 222 Å². The molecule has 9 heteroatoms. The van der Waals surface area contributed by atoms with Gasteiger partial charge >= 0.3 is 13.8 Å². The number of allylic oxidation sites excluding steroid dienone is 10. The van der Waals surface area contributed by atoms with Gasteiger partial charge in [-0.2, -0.15) is 0 Å². The van der Waals surface area contributed by atoms with Crippen molar-refractivity contribution < 1.29 is 37.3 Å². The predicted molar refractivity (Wildman–Crippen MR) is 275 cm³/mol. The molecule has 0 heterocycles. The predicted octanol–water partition coefficient (Wildman–Crippen LogP) is 16.4. The molecule has 8 nitrogen and oxygen atoms in total. The van der Waals surface area contributed by atoms with Crippen LogP contribution in [0.25, 0.3) is 0 Å². The SMILES string of the molecule is CC/C=C\C/C=C\C/C=C\C/C=C\C/C=C\CCCCCCCCCCCCOCC(COP(=O)(O)OCC[N+](C)(C)C)OC(=O)CCCCCCCCCCCCCCCCCC. The summed E-state index contributed by atoms with van der Waals surface area (Å²) in [6.07, 6.45) is 61.2. The molecular formula is C55H103NO7P+. The number of hydrogen-bond acceptors (Lipinski definition) is 6. The zero-order valence-corrected chi connectivity index (χ0v) is 43.4. The Kier molecular flexibility index (Phi) is 46.3. The highest BCUT2D eigenvalue weighted by molar-refractivity contribution is 7.47. The molecular weight excluding hydrogens is 818 g/mol. The molecule has 374 valence electrons. The Bertz CT molecular complexity index is 1210. The molecule has 0 aliphatic rings. The van der Waals surface area contributed by atoms with Gasteiger partial charge in [0.15, 0.2) is 0 Å². The molecule has 0 bridgehead atoms. The van der Waals surface area contributed by atoms with Gasteiger partial charge in [-0.05, 0) is 57.8 Å². The van der Waals surface area contributed by atoms with Crippen LogP contribution in [-0.4, -0.2) is 75.6 Å². The molecule has 0 aromatic heterocycles. The maximum Gasteiger partial charge on any atom is 0.472 e. The monoisotopic (exact) mass is 921 g/mol. The number of phosphoric ester groups is 1. The molecule has 0 rings (SSSR count). The minimum Gasteiger partial charge on any atom is -0.457 e. The summed E-state index contributed by atoms with van der Waals surface area (Å²) in [6, 6.07) is 0. The van der Waals surface area contributed by atoms with Crippen LogP contribution in [-0.2, 0) is 27.9 Å². The topological polar surface area (TPSA) is 91.3 Å². The quantitative estimate of drug-likeness (QED) is 0.0214. The lowest BCUT2D eigenvalue weighted by molar-refractivity contribution is -0.870. The Morgan fingerprint density at radius 1 is 0.500 bits per heavy atom. The van der Waals surface area contributed by atoms with Crippen LogP contribution in [0.3, 0.4) is 0 Å². The van der Waals surface area contributed by atoms with Crippen molar-refractivity contribution >= 4 is 13.8 Å². The first-order chi connectivity index (χ1) is 31.1. The van der Waals surface area contributed by atoms with Gasteiger partial charge in [0.1, 0.15) is 19.3 Å². The van der Waals surface area contributed by atoms with Crippen LogP contribution >= 0.6 is 7.82 Å². The van der Waals surface area contributed by atoms with E-state index in [0.29, 0.717) is 24.1 Å². The Morgan fingerprint density at radius 2 is 0.906 bits per heavy atom. The van der Waals surface area contributed by atoms with Gasteiger partial charge < -0.3 is 18.9 Å². The zero-order chi connectivity index (χ0) is 46.9. The number of ether oxygens (including phenoxy) is 2. The second-order valence-corrected chi connectivity index (χ2v) is 20.3. The minimum atomic E-state index is -4.28. The highest BCUT2D eigenvalue weighted by Crippen LogP contribution is 2.43. The third kappa shape index (κ3) is 51.2. The lowest BCUT2D eigenvalue weighted by Gasteiger charge is -2.24. The van der Waals surface area contributed by atoms with E-state index in [1.807, 2.05) is 21.1 Å². The number of esters is 1. The molecule has 2 unspecified atom stereocenters. The highest BCUT2D eigenvalue weighted by atomic mass is 31.2. The van der Waals surface area contributed by atoms with Crippen LogP contribution in [0.15, 0.2) is 60.8 Å². The fraction of sp³-hybridized carbons (Fsp3) is 0.800. The summed E-state index contributed by atoms with van der Waals surface area (Å²) in [7, 11) is 1.67. The molecule has 0 aromatic carbocycles. The van der Waals surface area contributed by atoms with Crippen molar-refractivity contribution in [2.75, 3.05) is 54.1 Å². The number of carbonyl (C=O) groups excluding carboxylic acids is 1. The van der Waals surface area contributed by atoms with Gasteiger partial charge in [0.05, 0.1) is 34.4 Å². The van der Waals surface area contributed by atoms with E-state index in [2.05, 4.69) is 74.6 Å². The number of rotatable bonds is 49. The number of quaternary nitrogens is 1. The van der Waals surface area contributed by atoms with Crippen LogP contribution in [0.5, 0.6) is 0 Å². The average Bonchev–Trinajstić information content (AvgIpc) is 3.25. The third-order valence-electron chi connectivity index (χ3n) is 11.3. The molecule has 0 saturated carbocycles. The second kappa shape index (κ2) is 47.7. The van der Waals surface area contributed by atoms with Crippen LogP contribution in [0, 0.1) is 0 Å². The van der Waals surface area contributed by atoms with Crippen molar-refractivity contribution in [1.82, 2.24) is 0 Å². The van der Waals surface area contributed by atoms with Gasteiger partial charge in [0, 0.05) is 13.0 Å². The Labute approximate surface area is 396 Å². The van der Waals surface area contributed by atoms with E-state index >= 15 is 0 Å². The summed E-state index contributed by atoms with van der Waals surface area (Å²) in [4.78, 5) is 23.0. The molecule has 0 fully saturated rings. The molecule has 0 aromatic rings. The summed E-state index contributed by atoms with van der Waals surface area (Å²) < 4.78 is 35.2. The van der Waals surface area contributed by atoms with Crippen LogP contribution < -0.4 is 0 Å². The maximum atomic E-state index is 12.8. The van der Waals surface area contributed by atoms with E-state index in [9.17, 15) is 14.3 Å². The Morgan fingerprint density at radius 3 is 1.36 bits per heavy atom. The standard InChI is InChI=1S/C55H102NO7P/c1-6-8-10-12-14-16-18-20-22-24-25-26-27-28-29-30-31-32-33-35-37-39-41-43-45-47-50-60-52-54(53-62-64(58,59)61-51-49-56(3,4)5)63-55(57)48-46-44-42-40-38-36-34-23-21-19-17-15-13-11-9-7-2/h8,10,14,16,20,22,25-26,28-29,54H,6-7,9,11-13,15,17-19,21,23-24,27,30-53H2,1-5H3/p+1/b10-8-,16-14-,22-20-,26-25-,29-28-. The van der Waals surface area contributed by atoms with Crippen LogP contribution in [0.1, 0.15) is 226 Å². The lowest BCUT2D eigenvalue weighted by Crippen LogP contribution is -2.37. The zero-order valence-electron chi connectivity index (χ0n) is 42.5. The third-order valence-corrected chi connectivity index (χ3v) is 12.3. The molecule has 64 heavy (non-hydrogen) atoms. The van der Waals surface area contributed by atoms with Crippen molar-refractivity contribution in [3.8, 4) is 0 Å². The Balaban J connectivity index is 4.10. The van der Waals surface area contributed by atoms with Gasteiger partial charge in [0.25, 0.3) is 0 Å². The normalized spacial score (nSPS) is 14.0.